The van der Waals surface area contributed by atoms with E-state index in [2.05, 4.69) is 20.8 Å². The first-order valence-electron chi connectivity index (χ1n) is 4.93. The Hall–Kier alpha value is -0.830. The third-order valence-corrected chi connectivity index (χ3v) is 2.46. The molecule has 0 amide bonds. The number of rotatable bonds is 1. The van der Waals surface area contributed by atoms with Gasteiger partial charge < -0.3 is 9.64 Å². The van der Waals surface area contributed by atoms with E-state index in [-0.39, 0.29) is 17.4 Å². The average molecular weight is 197 g/mol. The van der Waals surface area contributed by atoms with Gasteiger partial charge in [0.05, 0.1) is 6.10 Å². The predicted molar refractivity (Wildman–Crippen MR) is 55.8 cm³/mol. The predicted octanol–water partition coefficient (Wildman–Crippen LogP) is 1.94. The number of ether oxygens (including phenoxy) is 1. The summed E-state index contributed by atoms with van der Waals surface area (Å²) >= 11 is 0. The van der Waals surface area contributed by atoms with Gasteiger partial charge in [-0.3, -0.25) is 4.79 Å². The molecule has 0 aromatic rings. The van der Waals surface area contributed by atoms with E-state index in [1.165, 1.54) is 0 Å². The molecule has 0 radical (unpaired) electrons. The van der Waals surface area contributed by atoms with Gasteiger partial charge in [-0.05, 0) is 34.6 Å². The van der Waals surface area contributed by atoms with E-state index in [1.807, 2.05) is 18.0 Å². The highest BCUT2D eigenvalue weighted by atomic mass is 16.5. The standard InChI is InChI=1S/C11H19NO2/c1-8(13)10-6-12(11(3,4)5)7-14-9(10)2/h6,9H,7H2,1-5H3/t9-/m0/s1. The molecule has 0 aromatic carbocycles. The van der Waals surface area contributed by atoms with Gasteiger partial charge >= 0.3 is 0 Å². The Morgan fingerprint density at radius 1 is 1.57 bits per heavy atom. The molecule has 1 aliphatic rings. The summed E-state index contributed by atoms with van der Waals surface area (Å²) in [6, 6.07) is 0. The maximum atomic E-state index is 11.3. The summed E-state index contributed by atoms with van der Waals surface area (Å²) in [5, 5.41) is 0. The van der Waals surface area contributed by atoms with Crippen LogP contribution < -0.4 is 0 Å². The molecule has 0 saturated carbocycles. The first kappa shape index (κ1) is 11.2. The fourth-order valence-corrected chi connectivity index (χ4v) is 1.36. The van der Waals surface area contributed by atoms with Crippen LogP contribution in [-0.2, 0) is 9.53 Å². The Morgan fingerprint density at radius 2 is 2.14 bits per heavy atom. The van der Waals surface area contributed by atoms with E-state index in [0.29, 0.717) is 6.73 Å². The summed E-state index contributed by atoms with van der Waals surface area (Å²) in [4.78, 5) is 13.4. The van der Waals surface area contributed by atoms with Crippen molar-refractivity contribution in [3.63, 3.8) is 0 Å². The molecule has 3 heteroatoms. The van der Waals surface area contributed by atoms with Crippen LogP contribution in [0, 0.1) is 0 Å². The molecule has 0 aliphatic carbocycles. The second-order valence-electron chi connectivity index (χ2n) is 4.72. The van der Waals surface area contributed by atoms with Crippen molar-refractivity contribution < 1.29 is 9.53 Å². The second-order valence-corrected chi connectivity index (χ2v) is 4.72. The molecule has 1 heterocycles. The topological polar surface area (TPSA) is 29.5 Å². The van der Waals surface area contributed by atoms with Crippen LogP contribution in [0.1, 0.15) is 34.6 Å². The van der Waals surface area contributed by atoms with E-state index >= 15 is 0 Å². The van der Waals surface area contributed by atoms with Crippen molar-refractivity contribution >= 4 is 5.78 Å². The Bertz CT molecular complexity index is 263. The molecule has 3 nitrogen and oxygen atoms in total. The van der Waals surface area contributed by atoms with Crippen molar-refractivity contribution in [2.45, 2.75) is 46.3 Å². The molecule has 0 N–H and O–H groups in total. The maximum absolute atomic E-state index is 11.3. The van der Waals surface area contributed by atoms with Crippen molar-refractivity contribution in [3.8, 4) is 0 Å². The third kappa shape index (κ3) is 2.35. The number of carbonyl (C=O) groups is 1. The number of ketones is 1. The van der Waals surface area contributed by atoms with Crippen LogP contribution in [0.2, 0.25) is 0 Å². The van der Waals surface area contributed by atoms with Gasteiger partial charge in [-0.25, -0.2) is 0 Å². The zero-order valence-corrected chi connectivity index (χ0v) is 9.63. The normalized spacial score (nSPS) is 23.4. The zero-order valence-electron chi connectivity index (χ0n) is 9.63. The Labute approximate surface area is 85.7 Å². The SMILES string of the molecule is CC(=O)C1=CN(C(C)(C)C)CO[C@H]1C. The van der Waals surface area contributed by atoms with Gasteiger partial charge in [0.15, 0.2) is 5.78 Å². The number of Topliss-reactive ketones (excluding diaryl/α,β-unsaturated/α-hetero) is 1. The monoisotopic (exact) mass is 197 g/mol. The molecular formula is C11H19NO2. The first-order valence-corrected chi connectivity index (χ1v) is 4.93. The second kappa shape index (κ2) is 3.73. The fraction of sp³-hybridized carbons (Fsp3) is 0.727. The van der Waals surface area contributed by atoms with E-state index in [9.17, 15) is 4.79 Å². The van der Waals surface area contributed by atoms with Crippen molar-refractivity contribution in [2.24, 2.45) is 0 Å². The van der Waals surface area contributed by atoms with Crippen LogP contribution in [0.3, 0.4) is 0 Å². The first-order chi connectivity index (χ1) is 6.32. The number of hydrogen-bond acceptors (Lipinski definition) is 3. The van der Waals surface area contributed by atoms with Gasteiger partial charge in [-0.15, -0.1) is 0 Å². The average Bonchev–Trinajstić information content (AvgIpc) is 2.02. The van der Waals surface area contributed by atoms with Gasteiger partial charge in [-0.1, -0.05) is 0 Å². The Balaban J connectivity index is 2.91. The van der Waals surface area contributed by atoms with Crippen LogP contribution in [0.4, 0.5) is 0 Å². The molecule has 80 valence electrons. The lowest BCUT2D eigenvalue weighted by Gasteiger charge is -2.39. The minimum atomic E-state index is -0.0777. The fourth-order valence-electron chi connectivity index (χ4n) is 1.36. The maximum Gasteiger partial charge on any atom is 0.159 e. The van der Waals surface area contributed by atoms with Crippen molar-refractivity contribution in [1.29, 1.82) is 0 Å². The van der Waals surface area contributed by atoms with Gasteiger partial charge in [0.25, 0.3) is 0 Å². The van der Waals surface area contributed by atoms with Gasteiger partial charge in [0.1, 0.15) is 6.73 Å². The quantitative estimate of drug-likeness (QED) is 0.643. The molecule has 14 heavy (non-hydrogen) atoms. The minimum Gasteiger partial charge on any atom is -0.353 e. The molecule has 0 unspecified atom stereocenters. The van der Waals surface area contributed by atoms with E-state index in [1.54, 1.807) is 6.92 Å². The highest BCUT2D eigenvalue weighted by molar-refractivity contribution is 5.94. The summed E-state index contributed by atoms with van der Waals surface area (Å²) in [6.45, 7) is 10.3. The van der Waals surface area contributed by atoms with E-state index < -0.39 is 0 Å². The molecule has 0 spiro atoms. The lowest BCUT2D eigenvalue weighted by atomic mass is 10.0. The summed E-state index contributed by atoms with van der Waals surface area (Å²) in [5.74, 6) is 0.0893. The molecule has 1 atom stereocenters. The molecule has 0 saturated heterocycles. The number of nitrogens with zero attached hydrogens (tertiary/aromatic N) is 1. The number of carbonyl (C=O) groups excluding carboxylic acids is 1. The third-order valence-electron chi connectivity index (χ3n) is 2.46. The summed E-state index contributed by atoms with van der Waals surface area (Å²) in [6.07, 6.45) is 1.85. The Morgan fingerprint density at radius 3 is 2.57 bits per heavy atom. The molecule has 1 rings (SSSR count). The molecule has 1 aliphatic heterocycles. The highest BCUT2D eigenvalue weighted by Gasteiger charge is 2.26. The van der Waals surface area contributed by atoms with Crippen molar-refractivity contribution in [3.05, 3.63) is 11.8 Å². The van der Waals surface area contributed by atoms with Crippen LogP contribution in [0.5, 0.6) is 0 Å². The molecular weight excluding hydrogens is 178 g/mol. The lowest BCUT2D eigenvalue weighted by Crippen LogP contribution is -2.43. The highest BCUT2D eigenvalue weighted by Crippen LogP contribution is 2.22. The van der Waals surface area contributed by atoms with Crippen LogP contribution in [-0.4, -0.2) is 29.1 Å². The van der Waals surface area contributed by atoms with Crippen molar-refractivity contribution in [2.75, 3.05) is 6.73 Å². The van der Waals surface area contributed by atoms with Crippen LogP contribution in [0.15, 0.2) is 11.8 Å². The summed E-state index contributed by atoms with van der Waals surface area (Å²) in [7, 11) is 0. The zero-order chi connectivity index (χ0) is 10.9. The van der Waals surface area contributed by atoms with Gasteiger partial charge in [-0.2, -0.15) is 0 Å². The Kier molecular flexibility index (Phi) is 3.00. The summed E-state index contributed by atoms with van der Waals surface area (Å²) < 4.78 is 5.53. The van der Waals surface area contributed by atoms with E-state index in [4.69, 9.17) is 4.74 Å². The largest absolute Gasteiger partial charge is 0.353 e. The molecule has 0 bridgehead atoms. The van der Waals surface area contributed by atoms with Crippen molar-refractivity contribution in [1.82, 2.24) is 4.90 Å². The minimum absolute atomic E-state index is 0.000833. The lowest BCUT2D eigenvalue weighted by molar-refractivity contribution is -0.116. The summed E-state index contributed by atoms with van der Waals surface area (Å²) in [5.41, 5.74) is 0.757. The molecule has 0 aromatic heterocycles. The van der Waals surface area contributed by atoms with Gasteiger partial charge in [0.2, 0.25) is 0 Å². The smallest absolute Gasteiger partial charge is 0.159 e. The number of hydrogen-bond donors (Lipinski definition) is 0. The van der Waals surface area contributed by atoms with Crippen LogP contribution in [0.25, 0.3) is 0 Å². The van der Waals surface area contributed by atoms with Crippen LogP contribution >= 0.6 is 0 Å². The van der Waals surface area contributed by atoms with E-state index in [0.717, 1.165) is 5.57 Å². The molecule has 0 fully saturated rings. The van der Waals surface area contributed by atoms with Gasteiger partial charge in [0, 0.05) is 17.3 Å².